The van der Waals surface area contributed by atoms with E-state index in [9.17, 15) is 4.79 Å². The number of aliphatic imine (C=N–C) groups is 1. The summed E-state index contributed by atoms with van der Waals surface area (Å²) in [6.07, 6.45) is 1.89. The second-order valence-corrected chi connectivity index (χ2v) is 9.13. The van der Waals surface area contributed by atoms with Crippen LogP contribution in [-0.2, 0) is 4.79 Å². The summed E-state index contributed by atoms with van der Waals surface area (Å²) in [4.78, 5) is 21.3. The van der Waals surface area contributed by atoms with Crippen molar-refractivity contribution in [3.63, 3.8) is 0 Å². The molecular weight excluding hydrogens is 452 g/mol. The van der Waals surface area contributed by atoms with E-state index in [0.717, 1.165) is 29.5 Å². The zero-order chi connectivity index (χ0) is 21.0. The molecule has 158 valence electrons. The molecule has 2 aliphatic heterocycles. The maximum atomic E-state index is 12.7. The Labute approximate surface area is 185 Å². The number of anilines is 1. The number of thioether (sulfide) groups is 1. The molecule has 7 nitrogen and oxygen atoms in total. The monoisotopic (exact) mass is 480 g/mol. The minimum Gasteiger partial charge on any atom is -0.342 e. The largest absolute Gasteiger partial charge is 0.342 e. The standard InChI is InChI=1S/C20H29BrN6OS/c1-4-6-11-26(5-2)16(28)12-29-20-23-19-17(13(3)24-25-19)18(22)27(20)15-9-7-14(21)8-10-15/h7-10,13,17,19,22,24-25H,4-6,11-12H2,1-3H3. The first-order chi connectivity index (χ1) is 14.0. The summed E-state index contributed by atoms with van der Waals surface area (Å²) in [5.74, 6) is 0.863. The maximum Gasteiger partial charge on any atom is 0.233 e. The normalized spacial score (nSPS) is 23.7. The van der Waals surface area contributed by atoms with Crippen LogP contribution in [0.3, 0.4) is 0 Å². The Morgan fingerprint density at radius 1 is 1.31 bits per heavy atom. The van der Waals surface area contributed by atoms with E-state index in [0.29, 0.717) is 23.3 Å². The minimum absolute atomic E-state index is 0.0598. The number of amidine groups is 2. The zero-order valence-electron chi connectivity index (χ0n) is 17.1. The van der Waals surface area contributed by atoms with Crippen LogP contribution in [-0.4, -0.2) is 52.9 Å². The first kappa shape index (κ1) is 22.3. The molecule has 0 aromatic heterocycles. The van der Waals surface area contributed by atoms with Crippen molar-refractivity contribution >= 4 is 50.3 Å². The van der Waals surface area contributed by atoms with Crippen molar-refractivity contribution in [1.82, 2.24) is 15.8 Å². The van der Waals surface area contributed by atoms with Crippen LogP contribution in [0, 0.1) is 11.3 Å². The fraction of sp³-hybridized carbons (Fsp3) is 0.550. The molecule has 29 heavy (non-hydrogen) atoms. The fourth-order valence-electron chi connectivity index (χ4n) is 3.56. The van der Waals surface area contributed by atoms with Gasteiger partial charge in [0.05, 0.1) is 11.7 Å². The number of halogens is 1. The fourth-order valence-corrected chi connectivity index (χ4v) is 4.79. The second kappa shape index (κ2) is 10.1. The van der Waals surface area contributed by atoms with Crippen LogP contribution in [0.1, 0.15) is 33.6 Å². The topological polar surface area (TPSA) is 83.8 Å². The molecule has 2 heterocycles. The van der Waals surface area contributed by atoms with E-state index < -0.39 is 0 Å². The van der Waals surface area contributed by atoms with Gasteiger partial charge in [-0.25, -0.2) is 10.4 Å². The molecule has 3 unspecified atom stereocenters. The van der Waals surface area contributed by atoms with Gasteiger partial charge in [0.25, 0.3) is 0 Å². The molecule has 1 aromatic carbocycles. The van der Waals surface area contributed by atoms with Crippen LogP contribution < -0.4 is 15.8 Å². The van der Waals surface area contributed by atoms with E-state index in [1.165, 1.54) is 11.8 Å². The number of amides is 1. The predicted octanol–water partition coefficient (Wildman–Crippen LogP) is 3.42. The van der Waals surface area contributed by atoms with Crippen molar-refractivity contribution in [3.8, 4) is 0 Å². The van der Waals surface area contributed by atoms with Crippen LogP contribution in [0.5, 0.6) is 0 Å². The average molecular weight is 481 g/mol. The number of hydrogen-bond donors (Lipinski definition) is 3. The van der Waals surface area contributed by atoms with Crippen molar-refractivity contribution < 1.29 is 4.79 Å². The van der Waals surface area contributed by atoms with Crippen LogP contribution in [0.2, 0.25) is 0 Å². The van der Waals surface area contributed by atoms with Gasteiger partial charge in [-0.05, 0) is 44.5 Å². The van der Waals surface area contributed by atoms with Gasteiger partial charge in [-0.2, -0.15) is 0 Å². The lowest BCUT2D eigenvalue weighted by Crippen LogP contribution is -2.50. The Kier molecular flexibility index (Phi) is 7.72. The number of hydrogen-bond acceptors (Lipinski definition) is 6. The molecule has 1 saturated heterocycles. The Bertz CT molecular complexity index is 771. The van der Waals surface area contributed by atoms with Gasteiger partial charge in [-0.15, -0.1) is 0 Å². The number of benzene rings is 1. The highest BCUT2D eigenvalue weighted by atomic mass is 79.9. The molecular formula is C20H29BrN6OS. The highest BCUT2D eigenvalue weighted by molar-refractivity contribution is 9.10. The van der Waals surface area contributed by atoms with E-state index in [4.69, 9.17) is 10.4 Å². The molecule has 3 atom stereocenters. The minimum atomic E-state index is -0.191. The molecule has 9 heteroatoms. The molecule has 0 spiro atoms. The molecule has 0 bridgehead atoms. The van der Waals surface area contributed by atoms with Crippen LogP contribution >= 0.6 is 27.7 Å². The van der Waals surface area contributed by atoms with Gasteiger partial charge in [0.15, 0.2) is 5.17 Å². The summed E-state index contributed by atoms with van der Waals surface area (Å²) in [5.41, 5.74) is 7.25. The number of carbonyl (C=O) groups excluding carboxylic acids is 1. The maximum absolute atomic E-state index is 12.7. The van der Waals surface area contributed by atoms with Crippen LogP contribution in [0.25, 0.3) is 0 Å². The summed E-state index contributed by atoms with van der Waals surface area (Å²) in [5, 5.41) is 9.55. The molecule has 3 N–H and O–H groups in total. The third kappa shape index (κ3) is 5.02. The van der Waals surface area contributed by atoms with Crippen LogP contribution in [0.4, 0.5) is 5.69 Å². The van der Waals surface area contributed by atoms with Gasteiger partial charge >= 0.3 is 0 Å². The summed E-state index contributed by atoms with van der Waals surface area (Å²) < 4.78 is 0.982. The summed E-state index contributed by atoms with van der Waals surface area (Å²) in [7, 11) is 0. The Hall–Kier alpha value is -1.42. The number of nitrogens with zero attached hydrogens (tertiary/aromatic N) is 3. The van der Waals surface area contributed by atoms with Crippen molar-refractivity contribution in [2.75, 3.05) is 23.7 Å². The first-order valence-corrected chi connectivity index (χ1v) is 11.9. The van der Waals surface area contributed by atoms with Gasteiger partial charge in [0.1, 0.15) is 12.0 Å². The highest BCUT2D eigenvalue weighted by Gasteiger charge is 2.43. The van der Waals surface area contributed by atoms with E-state index in [2.05, 4.69) is 40.6 Å². The number of rotatable bonds is 7. The lowest BCUT2D eigenvalue weighted by molar-refractivity contribution is -0.128. The molecule has 3 rings (SSSR count). The lowest BCUT2D eigenvalue weighted by atomic mass is 9.97. The summed E-state index contributed by atoms with van der Waals surface area (Å²) >= 11 is 4.88. The van der Waals surface area contributed by atoms with Gasteiger partial charge in [-0.1, -0.05) is 41.0 Å². The Morgan fingerprint density at radius 2 is 2.03 bits per heavy atom. The van der Waals surface area contributed by atoms with Gasteiger partial charge in [-0.3, -0.25) is 20.5 Å². The number of fused-ring (bicyclic) bond motifs is 1. The summed E-state index contributed by atoms with van der Waals surface area (Å²) in [6.45, 7) is 7.70. The molecule has 2 aliphatic rings. The third-order valence-corrected chi connectivity index (χ3v) is 6.73. The van der Waals surface area contributed by atoms with Crippen LogP contribution in [0.15, 0.2) is 33.7 Å². The molecule has 1 fully saturated rings. The second-order valence-electron chi connectivity index (χ2n) is 7.27. The van der Waals surface area contributed by atoms with E-state index >= 15 is 0 Å². The number of unbranched alkanes of at least 4 members (excludes halogenated alkanes) is 1. The number of hydrazine groups is 1. The highest BCUT2D eigenvalue weighted by Crippen LogP contribution is 2.32. The van der Waals surface area contributed by atoms with E-state index in [-0.39, 0.29) is 24.0 Å². The molecule has 1 aromatic rings. The molecule has 0 radical (unpaired) electrons. The first-order valence-electron chi connectivity index (χ1n) is 10.1. The van der Waals surface area contributed by atoms with Gasteiger partial charge < -0.3 is 4.90 Å². The van der Waals surface area contributed by atoms with Gasteiger partial charge in [0.2, 0.25) is 5.91 Å². The average Bonchev–Trinajstić information content (AvgIpc) is 3.09. The van der Waals surface area contributed by atoms with Gasteiger partial charge in [0, 0.05) is 29.3 Å². The van der Waals surface area contributed by atoms with Crippen molar-refractivity contribution in [1.29, 1.82) is 5.41 Å². The SMILES string of the molecule is CCCCN(CC)C(=O)CSC1=NC2NNC(C)C2C(=N)N1c1ccc(Br)cc1. The Balaban J connectivity index is 1.81. The predicted molar refractivity (Wildman–Crippen MR) is 124 cm³/mol. The zero-order valence-corrected chi connectivity index (χ0v) is 19.5. The molecule has 1 amide bonds. The van der Waals surface area contributed by atoms with Crippen molar-refractivity contribution in [2.45, 2.75) is 45.8 Å². The van der Waals surface area contributed by atoms with E-state index in [1.807, 2.05) is 41.0 Å². The lowest BCUT2D eigenvalue weighted by Gasteiger charge is -2.36. The molecule has 0 aliphatic carbocycles. The quantitative estimate of drug-likeness (QED) is 0.556. The molecule has 0 saturated carbocycles. The number of nitrogens with one attached hydrogen (secondary N) is 3. The Morgan fingerprint density at radius 3 is 2.69 bits per heavy atom. The smallest absolute Gasteiger partial charge is 0.233 e. The number of carbonyl (C=O) groups is 1. The van der Waals surface area contributed by atoms with E-state index in [1.54, 1.807) is 0 Å². The summed E-state index contributed by atoms with van der Waals surface area (Å²) in [6, 6.07) is 7.96. The van der Waals surface area contributed by atoms with Crippen molar-refractivity contribution in [3.05, 3.63) is 28.7 Å². The third-order valence-electron chi connectivity index (χ3n) is 5.26. The van der Waals surface area contributed by atoms with Crippen molar-refractivity contribution in [2.24, 2.45) is 10.9 Å².